The number of carboxylic acids is 1. The summed E-state index contributed by atoms with van der Waals surface area (Å²) in [4.78, 5) is 10.3. The zero-order valence-electron chi connectivity index (χ0n) is 8.92. The highest BCUT2D eigenvalue weighted by molar-refractivity contribution is 5.66. The van der Waals surface area contributed by atoms with Gasteiger partial charge in [0, 0.05) is 6.54 Å². The summed E-state index contributed by atoms with van der Waals surface area (Å²) in [5.74, 6) is 0.361. The van der Waals surface area contributed by atoms with E-state index in [0.29, 0.717) is 30.6 Å². The molecule has 7 nitrogen and oxygen atoms in total. The summed E-state index contributed by atoms with van der Waals surface area (Å²) in [7, 11) is 0. The number of nitrogens with zero attached hydrogens (tertiary/aromatic N) is 2. The molecule has 2 rings (SSSR count). The van der Waals surface area contributed by atoms with E-state index in [2.05, 4.69) is 15.5 Å². The van der Waals surface area contributed by atoms with Crippen molar-refractivity contribution in [3.63, 3.8) is 0 Å². The molecule has 0 unspecified atom stereocenters. The number of carbonyl (C=O) groups is 1. The smallest absolute Gasteiger partial charge is 0.304 e. The molecule has 0 spiro atoms. The first-order valence-electron chi connectivity index (χ1n) is 5.04. The highest BCUT2D eigenvalue weighted by Gasteiger charge is 2.10. The second kappa shape index (κ2) is 5.26. The van der Waals surface area contributed by atoms with Crippen LogP contribution in [0.5, 0.6) is 0 Å². The number of furan rings is 1. The van der Waals surface area contributed by atoms with Gasteiger partial charge >= 0.3 is 5.97 Å². The van der Waals surface area contributed by atoms with Crippen LogP contribution < -0.4 is 5.32 Å². The van der Waals surface area contributed by atoms with Gasteiger partial charge < -0.3 is 19.3 Å². The summed E-state index contributed by atoms with van der Waals surface area (Å²) in [6.07, 6.45) is 1.57. The second-order valence-corrected chi connectivity index (χ2v) is 3.30. The Hall–Kier alpha value is -2.15. The van der Waals surface area contributed by atoms with Crippen LogP contribution in [0.4, 0.5) is 0 Å². The van der Waals surface area contributed by atoms with E-state index < -0.39 is 5.97 Å². The van der Waals surface area contributed by atoms with Gasteiger partial charge in [-0.25, -0.2) is 0 Å². The Bertz CT molecular complexity index is 477. The van der Waals surface area contributed by atoms with Gasteiger partial charge in [-0.3, -0.25) is 4.79 Å². The van der Waals surface area contributed by atoms with Gasteiger partial charge in [-0.2, -0.15) is 0 Å². The van der Waals surface area contributed by atoms with Crippen molar-refractivity contribution in [3.8, 4) is 11.7 Å². The van der Waals surface area contributed by atoms with Crippen LogP contribution in [0, 0.1) is 0 Å². The van der Waals surface area contributed by atoms with Gasteiger partial charge in [0.05, 0.1) is 19.2 Å². The lowest BCUT2D eigenvalue weighted by Gasteiger charge is -1.97. The molecular formula is C10H11N3O4. The molecule has 0 amide bonds. The minimum absolute atomic E-state index is 0.0547. The van der Waals surface area contributed by atoms with E-state index in [-0.39, 0.29) is 6.42 Å². The first-order valence-corrected chi connectivity index (χ1v) is 5.04. The first kappa shape index (κ1) is 11.3. The number of nitrogens with one attached hydrogen (secondary N) is 1. The van der Waals surface area contributed by atoms with E-state index in [4.69, 9.17) is 13.9 Å². The van der Waals surface area contributed by atoms with E-state index in [1.54, 1.807) is 12.1 Å². The van der Waals surface area contributed by atoms with Crippen LogP contribution in [0.25, 0.3) is 11.7 Å². The Morgan fingerprint density at radius 1 is 1.47 bits per heavy atom. The van der Waals surface area contributed by atoms with E-state index in [1.807, 2.05) is 0 Å². The molecule has 2 heterocycles. The molecule has 0 aliphatic heterocycles. The van der Waals surface area contributed by atoms with Gasteiger partial charge in [-0.05, 0) is 12.1 Å². The predicted molar refractivity (Wildman–Crippen MR) is 56.0 cm³/mol. The number of rotatable bonds is 6. The quantitative estimate of drug-likeness (QED) is 0.719. The largest absolute Gasteiger partial charge is 0.481 e. The molecule has 2 N–H and O–H groups in total. The van der Waals surface area contributed by atoms with Gasteiger partial charge in [0.1, 0.15) is 0 Å². The van der Waals surface area contributed by atoms with Crippen molar-refractivity contribution in [2.75, 3.05) is 6.54 Å². The number of hydrogen-bond donors (Lipinski definition) is 2. The Morgan fingerprint density at radius 2 is 2.35 bits per heavy atom. The van der Waals surface area contributed by atoms with Crippen molar-refractivity contribution in [2.24, 2.45) is 0 Å². The lowest BCUT2D eigenvalue weighted by atomic mass is 10.4. The number of aromatic nitrogens is 2. The van der Waals surface area contributed by atoms with Gasteiger partial charge in [-0.15, -0.1) is 10.2 Å². The molecule has 2 aromatic heterocycles. The van der Waals surface area contributed by atoms with Gasteiger partial charge in [-0.1, -0.05) is 0 Å². The molecule has 7 heteroatoms. The molecule has 0 aromatic carbocycles. The minimum Gasteiger partial charge on any atom is -0.481 e. The topological polar surface area (TPSA) is 101 Å². The van der Waals surface area contributed by atoms with E-state index in [0.717, 1.165) is 0 Å². The van der Waals surface area contributed by atoms with Gasteiger partial charge in [0.15, 0.2) is 5.76 Å². The van der Waals surface area contributed by atoms with E-state index >= 15 is 0 Å². The zero-order chi connectivity index (χ0) is 12.1. The van der Waals surface area contributed by atoms with Gasteiger partial charge in [0.2, 0.25) is 5.89 Å². The van der Waals surface area contributed by atoms with Crippen molar-refractivity contribution in [3.05, 3.63) is 24.3 Å². The summed E-state index contributed by atoms with van der Waals surface area (Å²) >= 11 is 0. The lowest BCUT2D eigenvalue weighted by Crippen LogP contribution is -2.17. The fourth-order valence-electron chi connectivity index (χ4n) is 1.22. The second-order valence-electron chi connectivity index (χ2n) is 3.30. The fourth-order valence-corrected chi connectivity index (χ4v) is 1.22. The zero-order valence-corrected chi connectivity index (χ0v) is 8.92. The predicted octanol–water partition coefficient (Wildman–Crippen LogP) is 0.894. The maximum atomic E-state index is 10.3. The molecule has 0 aliphatic carbocycles. The third kappa shape index (κ3) is 3.15. The van der Waals surface area contributed by atoms with Crippen LogP contribution in [-0.2, 0) is 11.3 Å². The number of aliphatic carboxylic acids is 1. The molecule has 0 radical (unpaired) electrons. The summed E-state index contributed by atoms with van der Waals surface area (Å²) < 4.78 is 10.4. The molecule has 17 heavy (non-hydrogen) atoms. The maximum Gasteiger partial charge on any atom is 0.304 e. The van der Waals surface area contributed by atoms with Crippen molar-refractivity contribution >= 4 is 5.97 Å². The average molecular weight is 237 g/mol. The van der Waals surface area contributed by atoms with E-state index in [9.17, 15) is 4.79 Å². The number of hydrogen-bond acceptors (Lipinski definition) is 6. The SMILES string of the molecule is O=C(O)CCNCc1nnc(-c2ccco2)o1. The normalized spacial score (nSPS) is 10.6. The van der Waals surface area contributed by atoms with Crippen LogP contribution in [0.2, 0.25) is 0 Å². The summed E-state index contributed by atoms with van der Waals surface area (Å²) in [6.45, 7) is 0.689. The number of carboxylic acid groups (broad SMARTS) is 1. The molecule has 0 saturated carbocycles. The fraction of sp³-hybridized carbons (Fsp3) is 0.300. The van der Waals surface area contributed by atoms with Gasteiger partial charge in [0.25, 0.3) is 5.89 Å². The standard InChI is InChI=1S/C10H11N3O4/c14-9(15)3-4-11-6-8-12-13-10(17-8)7-2-1-5-16-7/h1-2,5,11H,3-4,6H2,(H,14,15). The van der Waals surface area contributed by atoms with Crippen LogP contribution in [0.1, 0.15) is 12.3 Å². The van der Waals surface area contributed by atoms with Crippen LogP contribution >= 0.6 is 0 Å². The minimum atomic E-state index is -0.848. The highest BCUT2D eigenvalue weighted by atomic mass is 16.4. The van der Waals surface area contributed by atoms with Crippen molar-refractivity contribution in [1.82, 2.24) is 15.5 Å². The highest BCUT2D eigenvalue weighted by Crippen LogP contribution is 2.17. The Morgan fingerprint density at radius 3 is 3.06 bits per heavy atom. The van der Waals surface area contributed by atoms with Crippen molar-refractivity contribution in [2.45, 2.75) is 13.0 Å². The Kier molecular flexibility index (Phi) is 3.51. The van der Waals surface area contributed by atoms with Crippen molar-refractivity contribution in [1.29, 1.82) is 0 Å². The third-order valence-electron chi connectivity index (χ3n) is 1.99. The summed E-state index contributed by atoms with van der Waals surface area (Å²) in [5.41, 5.74) is 0. The molecule has 2 aromatic rings. The maximum absolute atomic E-state index is 10.3. The third-order valence-corrected chi connectivity index (χ3v) is 1.99. The first-order chi connectivity index (χ1) is 8.25. The Labute approximate surface area is 96.5 Å². The molecular weight excluding hydrogens is 226 g/mol. The summed E-state index contributed by atoms with van der Waals surface area (Å²) in [5, 5.41) is 18.9. The molecule has 0 fully saturated rings. The lowest BCUT2D eigenvalue weighted by molar-refractivity contribution is -0.136. The molecule has 0 bridgehead atoms. The average Bonchev–Trinajstić information content (AvgIpc) is 2.94. The Balaban J connectivity index is 1.84. The molecule has 0 saturated heterocycles. The van der Waals surface area contributed by atoms with Crippen LogP contribution in [-0.4, -0.2) is 27.8 Å². The molecule has 0 atom stereocenters. The van der Waals surface area contributed by atoms with E-state index in [1.165, 1.54) is 6.26 Å². The monoisotopic (exact) mass is 237 g/mol. The van der Waals surface area contributed by atoms with Crippen LogP contribution in [0.15, 0.2) is 27.2 Å². The van der Waals surface area contributed by atoms with Crippen LogP contribution in [0.3, 0.4) is 0 Å². The van der Waals surface area contributed by atoms with Crippen molar-refractivity contribution < 1.29 is 18.7 Å². The molecule has 90 valence electrons. The summed E-state index contributed by atoms with van der Waals surface area (Å²) in [6, 6.07) is 3.44. The molecule has 0 aliphatic rings.